The first-order valence-corrected chi connectivity index (χ1v) is 6.22. The Morgan fingerprint density at radius 2 is 2.06 bits per heavy atom. The summed E-state index contributed by atoms with van der Waals surface area (Å²) in [6.07, 6.45) is 3.63. The SMILES string of the molecule is CC(C)(C)CCC(N)C(O)Cc1ccccn1. The van der Waals surface area contributed by atoms with Crippen LogP contribution in [-0.4, -0.2) is 22.2 Å². The molecule has 1 rings (SSSR count). The van der Waals surface area contributed by atoms with E-state index in [4.69, 9.17) is 5.73 Å². The van der Waals surface area contributed by atoms with Crippen molar-refractivity contribution in [3.63, 3.8) is 0 Å². The van der Waals surface area contributed by atoms with Crippen LogP contribution in [0.2, 0.25) is 0 Å². The number of pyridine rings is 1. The van der Waals surface area contributed by atoms with Crippen LogP contribution in [0.4, 0.5) is 0 Å². The van der Waals surface area contributed by atoms with E-state index in [1.165, 1.54) is 0 Å². The normalized spacial score (nSPS) is 15.6. The number of nitrogens with zero attached hydrogens (tertiary/aromatic N) is 1. The minimum absolute atomic E-state index is 0.170. The van der Waals surface area contributed by atoms with Crippen molar-refractivity contribution in [2.45, 2.75) is 52.2 Å². The highest BCUT2D eigenvalue weighted by Crippen LogP contribution is 2.22. The first-order valence-electron chi connectivity index (χ1n) is 6.22. The van der Waals surface area contributed by atoms with Crippen LogP contribution in [0.5, 0.6) is 0 Å². The summed E-state index contributed by atoms with van der Waals surface area (Å²) in [5, 5.41) is 10.0. The van der Waals surface area contributed by atoms with E-state index in [9.17, 15) is 5.11 Å². The average Bonchev–Trinajstić information content (AvgIpc) is 2.26. The van der Waals surface area contributed by atoms with Gasteiger partial charge >= 0.3 is 0 Å². The molecule has 0 aliphatic heterocycles. The minimum atomic E-state index is -0.507. The van der Waals surface area contributed by atoms with E-state index in [1.54, 1.807) is 6.20 Å². The van der Waals surface area contributed by atoms with E-state index in [1.807, 2.05) is 18.2 Å². The molecule has 1 aromatic rings. The Morgan fingerprint density at radius 3 is 2.59 bits per heavy atom. The molecular weight excluding hydrogens is 212 g/mol. The van der Waals surface area contributed by atoms with Crippen molar-refractivity contribution in [1.82, 2.24) is 4.98 Å². The van der Waals surface area contributed by atoms with Crippen molar-refractivity contribution < 1.29 is 5.11 Å². The molecule has 0 aromatic carbocycles. The van der Waals surface area contributed by atoms with Crippen LogP contribution in [-0.2, 0) is 6.42 Å². The summed E-state index contributed by atoms with van der Waals surface area (Å²) in [6.45, 7) is 6.56. The Labute approximate surface area is 104 Å². The monoisotopic (exact) mass is 236 g/mol. The second-order valence-electron chi connectivity index (χ2n) is 5.86. The maximum Gasteiger partial charge on any atom is 0.0746 e. The average molecular weight is 236 g/mol. The van der Waals surface area contributed by atoms with E-state index in [2.05, 4.69) is 25.8 Å². The summed E-state index contributed by atoms with van der Waals surface area (Å²) in [6, 6.07) is 5.54. The molecule has 0 spiro atoms. The highest BCUT2D eigenvalue weighted by Gasteiger charge is 2.19. The van der Waals surface area contributed by atoms with Gasteiger partial charge in [0.25, 0.3) is 0 Å². The lowest BCUT2D eigenvalue weighted by atomic mass is 9.87. The Bertz CT molecular complexity index is 319. The summed E-state index contributed by atoms with van der Waals surface area (Å²) in [7, 11) is 0. The quantitative estimate of drug-likeness (QED) is 0.823. The summed E-state index contributed by atoms with van der Waals surface area (Å²) in [5.74, 6) is 0. The number of hydrogen-bond donors (Lipinski definition) is 2. The van der Waals surface area contributed by atoms with Crippen LogP contribution in [0, 0.1) is 5.41 Å². The van der Waals surface area contributed by atoms with Crippen molar-refractivity contribution in [3.05, 3.63) is 30.1 Å². The van der Waals surface area contributed by atoms with Crippen LogP contribution >= 0.6 is 0 Å². The lowest BCUT2D eigenvalue weighted by Crippen LogP contribution is -2.37. The number of aliphatic hydroxyl groups excluding tert-OH is 1. The van der Waals surface area contributed by atoms with Crippen molar-refractivity contribution in [2.24, 2.45) is 11.1 Å². The molecule has 2 unspecified atom stereocenters. The lowest BCUT2D eigenvalue weighted by molar-refractivity contribution is 0.132. The smallest absolute Gasteiger partial charge is 0.0746 e. The number of hydrogen-bond acceptors (Lipinski definition) is 3. The molecule has 3 heteroatoms. The van der Waals surface area contributed by atoms with Gasteiger partial charge < -0.3 is 10.8 Å². The molecule has 0 fully saturated rings. The zero-order chi connectivity index (χ0) is 12.9. The first-order chi connectivity index (χ1) is 7.88. The second kappa shape index (κ2) is 6.12. The second-order valence-corrected chi connectivity index (χ2v) is 5.86. The van der Waals surface area contributed by atoms with Gasteiger partial charge in [0.15, 0.2) is 0 Å². The van der Waals surface area contributed by atoms with E-state index in [0.29, 0.717) is 6.42 Å². The standard InChI is InChI=1S/C14H24N2O/c1-14(2,3)8-7-12(15)13(17)10-11-6-4-5-9-16-11/h4-6,9,12-13,17H,7-8,10,15H2,1-3H3. The highest BCUT2D eigenvalue weighted by molar-refractivity contribution is 5.05. The van der Waals surface area contributed by atoms with Crippen molar-refractivity contribution in [1.29, 1.82) is 0 Å². The Kier molecular flexibility index (Phi) is 5.09. The maximum absolute atomic E-state index is 10.0. The molecule has 0 radical (unpaired) electrons. The number of rotatable bonds is 5. The fourth-order valence-electron chi connectivity index (χ4n) is 1.68. The molecule has 96 valence electrons. The van der Waals surface area contributed by atoms with Crippen LogP contribution < -0.4 is 5.73 Å². The maximum atomic E-state index is 10.0. The molecule has 1 aromatic heterocycles. The summed E-state index contributed by atoms with van der Waals surface area (Å²) < 4.78 is 0. The van der Waals surface area contributed by atoms with Gasteiger partial charge in [-0.05, 0) is 30.4 Å². The topological polar surface area (TPSA) is 59.1 Å². The molecule has 1 heterocycles. The Morgan fingerprint density at radius 1 is 1.35 bits per heavy atom. The minimum Gasteiger partial charge on any atom is -0.391 e. The summed E-state index contributed by atoms with van der Waals surface area (Å²) in [4.78, 5) is 4.19. The lowest BCUT2D eigenvalue weighted by Gasteiger charge is -2.23. The van der Waals surface area contributed by atoms with Gasteiger partial charge in [0.05, 0.1) is 6.10 Å². The van der Waals surface area contributed by atoms with Crippen molar-refractivity contribution in [3.8, 4) is 0 Å². The van der Waals surface area contributed by atoms with Gasteiger partial charge in [-0.25, -0.2) is 0 Å². The Balaban J connectivity index is 2.40. The van der Waals surface area contributed by atoms with Gasteiger partial charge in [0, 0.05) is 24.4 Å². The number of aliphatic hydroxyl groups is 1. The van der Waals surface area contributed by atoms with E-state index >= 15 is 0 Å². The fraction of sp³-hybridized carbons (Fsp3) is 0.643. The zero-order valence-corrected chi connectivity index (χ0v) is 11.1. The summed E-state index contributed by atoms with van der Waals surface area (Å²) in [5.41, 5.74) is 7.16. The predicted octanol–water partition coefficient (Wildman–Crippen LogP) is 2.14. The molecule has 3 nitrogen and oxygen atoms in total. The molecule has 0 aliphatic rings. The molecular formula is C14H24N2O. The molecule has 0 saturated heterocycles. The molecule has 0 amide bonds. The molecule has 2 atom stereocenters. The number of aromatic nitrogens is 1. The summed E-state index contributed by atoms with van der Waals surface area (Å²) >= 11 is 0. The van der Waals surface area contributed by atoms with E-state index < -0.39 is 6.10 Å². The van der Waals surface area contributed by atoms with Gasteiger partial charge in [-0.1, -0.05) is 26.8 Å². The number of nitrogens with two attached hydrogens (primary N) is 1. The third-order valence-electron chi connectivity index (χ3n) is 2.87. The van der Waals surface area contributed by atoms with Crippen LogP contribution in [0.1, 0.15) is 39.3 Å². The largest absolute Gasteiger partial charge is 0.391 e. The van der Waals surface area contributed by atoms with E-state index in [0.717, 1.165) is 18.5 Å². The van der Waals surface area contributed by atoms with Crippen LogP contribution in [0.3, 0.4) is 0 Å². The van der Waals surface area contributed by atoms with Crippen LogP contribution in [0.25, 0.3) is 0 Å². The van der Waals surface area contributed by atoms with Gasteiger partial charge in [-0.3, -0.25) is 4.98 Å². The van der Waals surface area contributed by atoms with Crippen molar-refractivity contribution >= 4 is 0 Å². The molecule has 0 aliphatic carbocycles. The fourth-order valence-corrected chi connectivity index (χ4v) is 1.68. The van der Waals surface area contributed by atoms with Gasteiger partial charge in [0.2, 0.25) is 0 Å². The Hall–Kier alpha value is -0.930. The molecule has 0 saturated carbocycles. The van der Waals surface area contributed by atoms with Gasteiger partial charge in [-0.15, -0.1) is 0 Å². The van der Waals surface area contributed by atoms with Crippen LogP contribution in [0.15, 0.2) is 24.4 Å². The third kappa shape index (κ3) is 5.80. The van der Waals surface area contributed by atoms with Gasteiger partial charge in [0.1, 0.15) is 0 Å². The highest BCUT2D eigenvalue weighted by atomic mass is 16.3. The van der Waals surface area contributed by atoms with Gasteiger partial charge in [-0.2, -0.15) is 0 Å². The molecule has 3 N–H and O–H groups in total. The third-order valence-corrected chi connectivity index (χ3v) is 2.87. The predicted molar refractivity (Wildman–Crippen MR) is 70.6 cm³/mol. The molecule has 0 bridgehead atoms. The zero-order valence-electron chi connectivity index (χ0n) is 11.1. The first kappa shape index (κ1) is 14.1. The van der Waals surface area contributed by atoms with Crippen molar-refractivity contribution in [2.75, 3.05) is 0 Å². The van der Waals surface area contributed by atoms with E-state index in [-0.39, 0.29) is 11.5 Å². The molecule has 17 heavy (non-hydrogen) atoms.